The van der Waals surface area contributed by atoms with Crippen LogP contribution >= 0.6 is 0 Å². The van der Waals surface area contributed by atoms with Gasteiger partial charge in [0, 0.05) is 50.0 Å². The van der Waals surface area contributed by atoms with Gasteiger partial charge in [0.25, 0.3) is 0 Å². The molecule has 0 amide bonds. The van der Waals surface area contributed by atoms with Gasteiger partial charge in [-0.1, -0.05) is 133 Å². The normalized spacial score (nSPS) is 11.6. The first-order valence-electron chi connectivity index (χ1n) is 18.8. The van der Waals surface area contributed by atoms with Gasteiger partial charge in [-0.2, -0.15) is 0 Å². The van der Waals surface area contributed by atoms with Gasteiger partial charge >= 0.3 is 0 Å². The molecule has 5 nitrogen and oxygen atoms in total. The molecule has 0 saturated carbocycles. The monoisotopic (exact) mass is 716 g/mol. The number of furan rings is 1. The van der Waals surface area contributed by atoms with Crippen LogP contribution < -0.4 is 0 Å². The number of rotatable bonds is 6. The van der Waals surface area contributed by atoms with Crippen molar-refractivity contribution in [2.75, 3.05) is 0 Å². The van der Waals surface area contributed by atoms with Crippen LogP contribution in [0.1, 0.15) is 0 Å². The first-order chi connectivity index (χ1) is 27.7. The summed E-state index contributed by atoms with van der Waals surface area (Å²) in [6.07, 6.45) is 0. The van der Waals surface area contributed by atoms with Crippen molar-refractivity contribution in [1.82, 2.24) is 19.5 Å². The lowest BCUT2D eigenvalue weighted by atomic mass is 10.0. The van der Waals surface area contributed by atoms with Crippen LogP contribution in [0.4, 0.5) is 0 Å². The zero-order chi connectivity index (χ0) is 37.0. The maximum absolute atomic E-state index is 6.57. The van der Waals surface area contributed by atoms with Gasteiger partial charge in [0.15, 0.2) is 17.5 Å². The first-order valence-corrected chi connectivity index (χ1v) is 18.8. The van der Waals surface area contributed by atoms with Gasteiger partial charge in [0.2, 0.25) is 0 Å². The molecule has 0 N–H and O–H groups in total. The van der Waals surface area contributed by atoms with Gasteiger partial charge < -0.3 is 8.98 Å². The van der Waals surface area contributed by atoms with Crippen LogP contribution in [-0.2, 0) is 0 Å². The minimum Gasteiger partial charge on any atom is -0.456 e. The average Bonchev–Trinajstić information content (AvgIpc) is 3.80. The van der Waals surface area contributed by atoms with E-state index in [0.29, 0.717) is 17.5 Å². The number of hydrogen-bond acceptors (Lipinski definition) is 4. The molecule has 0 aliphatic rings. The second kappa shape index (κ2) is 13.0. The lowest BCUT2D eigenvalue weighted by molar-refractivity contribution is 0.669. The smallest absolute Gasteiger partial charge is 0.164 e. The van der Waals surface area contributed by atoms with Gasteiger partial charge in [-0.3, -0.25) is 0 Å². The van der Waals surface area contributed by atoms with Crippen LogP contribution in [0.2, 0.25) is 0 Å². The summed E-state index contributed by atoms with van der Waals surface area (Å²) in [5.74, 6) is 1.82. The quantitative estimate of drug-likeness (QED) is 0.172. The standard InChI is InChI=1S/C51H32N4O/c1-4-14-33(15-5-1)35-18-12-20-37(28-35)49-52-50(38-21-13-19-36(29-38)34-16-6-2-7-17-34)54-51(53-49)39-26-27-47-43(30-39)44-31-42-41-24-10-11-25-45(41)55(40-22-8-3-9-23-40)46(42)32-48(44)56-47/h1-32H. The molecule has 0 bridgehead atoms. The third-order valence-electron chi connectivity index (χ3n) is 10.6. The van der Waals surface area contributed by atoms with Crippen molar-refractivity contribution < 1.29 is 4.42 Å². The lowest BCUT2D eigenvalue weighted by Gasteiger charge is -2.11. The van der Waals surface area contributed by atoms with Gasteiger partial charge in [-0.25, -0.2) is 15.0 Å². The Morgan fingerprint density at radius 3 is 1.43 bits per heavy atom. The van der Waals surface area contributed by atoms with Crippen molar-refractivity contribution in [2.45, 2.75) is 0 Å². The molecule has 8 aromatic carbocycles. The Morgan fingerprint density at radius 1 is 0.304 bits per heavy atom. The maximum atomic E-state index is 6.57. The third kappa shape index (κ3) is 5.45. The predicted octanol–water partition coefficient (Wildman–Crippen LogP) is 13.2. The fourth-order valence-corrected chi connectivity index (χ4v) is 7.93. The Kier molecular flexibility index (Phi) is 7.42. The first kappa shape index (κ1) is 31.9. The van der Waals surface area contributed by atoms with E-state index in [1.165, 1.54) is 10.8 Å². The van der Waals surface area contributed by atoms with E-state index < -0.39 is 0 Å². The van der Waals surface area contributed by atoms with Crippen molar-refractivity contribution in [3.8, 4) is 62.1 Å². The molecule has 11 aromatic rings. The van der Waals surface area contributed by atoms with E-state index in [1.807, 2.05) is 24.3 Å². The van der Waals surface area contributed by atoms with E-state index in [2.05, 4.69) is 174 Å². The van der Waals surface area contributed by atoms with Crippen LogP contribution in [0.5, 0.6) is 0 Å². The molecule has 0 aliphatic heterocycles. The molecule has 0 aliphatic carbocycles. The highest BCUT2D eigenvalue weighted by molar-refractivity contribution is 6.17. The number of nitrogens with zero attached hydrogens (tertiary/aromatic N) is 4. The van der Waals surface area contributed by atoms with E-state index in [1.54, 1.807) is 0 Å². The molecule has 56 heavy (non-hydrogen) atoms. The Morgan fingerprint density at radius 2 is 0.804 bits per heavy atom. The van der Waals surface area contributed by atoms with Crippen molar-refractivity contribution in [3.63, 3.8) is 0 Å². The Balaban J connectivity index is 1.10. The van der Waals surface area contributed by atoms with Crippen LogP contribution in [0, 0.1) is 0 Å². The zero-order valence-corrected chi connectivity index (χ0v) is 30.2. The molecule has 11 rings (SSSR count). The summed E-state index contributed by atoms with van der Waals surface area (Å²) < 4.78 is 8.88. The molecule has 0 spiro atoms. The van der Waals surface area contributed by atoms with Crippen LogP contribution in [0.15, 0.2) is 199 Å². The summed E-state index contributed by atoms with van der Waals surface area (Å²) in [5, 5.41) is 4.43. The third-order valence-corrected chi connectivity index (χ3v) is 10.6. The summed E-state index contributed by atoms with van der Waals surface area (Å²) in [4.78, 5) is 15.4. The van der Waals surface area contributed by atoms with Crippen LogP contribution in [0.25, 0.3) is 106 Å². The average molecular weight is 717 g/mol. The molecule has 0 fully saturated rings. The minimum atomic E-state index is 0.596. The Labute approximate surface area is 322 Å². The van der Waals surface area contributed by atoms with Crippen molar-refractivity contribution in [3.05, 3.63) is 194 Å². The van der Waals surface area contributed by atoms with E-state index in [4.69, 9.17) is 19.4 Å². The van der Waals surface area contributed by atoms with E-state index in [9.17, 15) is 0 Å². The highest BCUT2D eigenvalue weighted by atomic mass is 16.3. The molecular formula is C51H32N4O. The Hall–Kier alpha value is -7.63. The minimum absolute atomic E-state index is 0.596. The number of hydrogen-bond donors (Lipinski definition) is 0. The molecule has 3 heterocycles. The molecule has 0 radical (unpaired) electrons. The van der Waals surface area contributed by atoms with Gasteiger partial charge in [0.05, 0.1) is 11.0 Å². The molecular weight excluding hydrogens is 685 g/mol. The molecule has 262 valence electrons. The van der Waals surface area contributed by atoms with E-state index in [-0.39, 0.29) is 0 Å². The fraction of sp³-hybridized carbons (Fsp3) is 0. The highest BCUT2D eigenvalue weighted by Gasteiger charge is 2.19. The largest absolute Gasteiger partial charge is 0.456 e. The van der Waals surface area contributed by atoms with Gasteiger partial charge in [-0.05, 0) is 76.9 Å². The fourth-order valence-electron chi connectivity index (χ4n) is 7.93. The van der Waals surface area contributed by atoms with Gasteiger partial charge in [-0.15, -0.1) is 0 Å². The molecule has 3 aromatic heterocycles. The highest BCUT2D eigenvalue weighted by Crippen LogP contribution is 2.39. The van der Waals surface area contributed by atoms with E-state index in [0.717, 1.165) is 77.6 Å². The zero-order valence-electron chi connectivity index (χ0n) is 30.2. The number of fused-ring (bicyclic) bond motifs is 6. The van der Waals surface area contributed by atoms with Crippen molar-refractivity contribution in [1.29, 1.82) is 0 Å². The number of benzene rings is 8. The topological polar surface area (TPSA) is 56.7 Å². The Bertz CT molecular complexity index is 3140. The summed E-state index contributed by atoms with van der Waals surface area (Å²) >= 11 is 0. The molecule has 0 atom stereocenters. The predicted molar refractivity (Wildman–Crippen MR) is 229 cm³/mol. The summed E-state index contributed by atoms with van der Waals surface area (Å²) in [6, 6.07) is 67.4. The van der Waals surface area contributed by atoms with Crippen LogP contribution in [0.3, 0.4) is 0 Å². The maximum Gasteiger partial charge on any atom is 0.164 e. The molecule has 0 unspecified atom stereocenters. The van der Waals surface area contributed by atoms with Crippen molar-refractivity contribution in [2.24, 2.45) is 0 Å². The molecule has 0 saturated heterocycles. The summed E-state index contributed by atoms with van der Waals surface area (Å²) in [6.45, 7) is 0. The number of para-hydroxylation sites is 2. The summed E-state index contributed by atoms with van der Waals surface area (Å²) in [5.41, 5.74) is 12.2. The molecule has 5 heteroatoms. The van der Waals surface area contributed by atoms with Crippen molar-refractivity contribution >= 4 is 43.7 Å². The number of aromatic nitrogens is 4. The second-order valence-corrected chi connectivity index (χ2v) is 14.1. The van der Waals surface area contributed by atoms with E-state index >= 15 is 0 Å². The SMILES string of the molecule is c1ccc(-c2cccc(-c3nc(-c4cccc(-c5ccccc5)c4)nc(-c4ccc5oc6cc7c(cc6c5c4)c4ccccc4n7-c4ccccc4)n3)c2)cc1. The summed E-state index contributed by atoms with van der Waals surface area (Å²) in [7, 11) is 0. The van der Waals surface area contributed by atoms with Crippen LogP contribution in [-0.4, -0.2) is 19.5 Å². The second-order valence-electron chi connectivity index (χ2n) is 14.1. The lowest BCUT2D eigenvalue weighted by Crippen LogP contribution is -2.00. The van der Waals surface area contributed by atoms with Gasteiger partial charge in [0.1, 0.15) is 11.2 Å².